The Hall–Kier alpha value is -1.32. The van der Waals surface area contributed by atoms with Crippen molar-refractivity contribution in [3.05, 3.63) is 35.5 Å². The second kappa shape index (κ2) is 5.15. The molecule has 2 heterocycles. The van der Waals surface area contributed by atoms with Gasteiger partial charge in [0.15, 0.2) is 0 Å². The van der Waals surface area contributed by atoms with E-state index in [0.29, 0.717) is 17.9 Å². The molecular formula is C18H25N3. The van der Waals surface area contributed by atoms with Crippen LogP contribution < -0.4 is 5.73 Å². The zero-order valence-electron chi connectivity index (χ0n) is 12.8. The van der Waals surface area contributed by atoms with Gasteiger partial charge in [0.2, 0.25) is 0 Å². The van der Waals surface area contributed by atoms with Crippen molar-refractivity contribution < 1.29 is 0 Å². The molecule has 0 saturated carbocycles. The third-order valence-corrected chi connectivity index (χ3v) is 5.51. The topological polar surface area (TPSA) is 45.0 Å². The highest BCUT2D eigenvalue weighted by Gasteiger charge is 2.39. The summed E-state index contributed by atoms with van der Waals surface area (Å²) in [5.74, 6) is 1.30. The van der Waals surface area contributed by atoms with Gasteiger partial charge in [0.25, 0.3) is 0 Å². The van der Waals surface area contributed by atoms with Crippen molar-refractivity contribution >= 4 is 10.9 Å². The molecule has 3 heteroatoms. The lowest BCUT2D eigenvalue weighted by atomic mass is 9.72. The molecule has 3 N–H and O–H groups in total. The number of piperidine rings is 1. The van der Waals surface area contributed by atoms with E-state index in [1.807, 2.05) is 0 Å². The van der Waals surface area contributed by atoms with E-state index in [-0.39, 0.29) is 0 Å². The highest BCUT2D eigenvalue weighted by Crippen LogP contribution is 2.44. The minimum absolute atomic E-state index is 0.647. The van der Waals surface area contributed by atoms with E-state index in [1.54, 1.807) is 5.56 Å². The lowest BCUT2D eigenvalue weighted by Gasteiger charge is -2.47. The first-order valence-corrected chi connectivity index (χ1v) is 8.34. The van der Waals surface area contributed by atoms with Gasteiger partial charge in [-0.15, -0.1) is 0 Å². The first-order valence-electron chi connectivity index (χ1n) is 8.34. The van der Waals surface area contributed by atoms with Crippen LogP contribution in [-0.2, 0) is 6.42 Å². The maximum atomic E-state index is 6.02. The highest BCUT2D eigenvalue weighted by molar-refractivity contribution is 5.88. The summed E-state index contributed by atoms with van der Waals surface area (Å²) in [5.41, 5.74) is 10.4. The average molecular weight is 283 g/mol. The van der Waals surface area contributed by atoms with Crippen LogP contribution in [0.2, 0.25) is 0 Å². The van der Waals surface area contributed by atoms with E-state index in [1.165, 1.54) is 48.8 Å². The number of nitrogens with one attached hydrogen (secondary N) is 1. The first-order chi connectivity index (χ1) is 10.3. The van der Waals surface area contributed by atoms with Crippen molar-refractivity contribution in [2.75, 3.05) is 19.6 Å². The van der Waals surface area contributed by atoms with Crippen molar-refractivity contribution in [1.82, 2.24) is 9.88 Å². The number of likely N-dealkylation sites (tertiary alicyclic amines) is 1. The highest BCUT2D eigenvalue weighted by atomic mass is 15.2. The van der Waals surface area contributed by atoms with E-state index < -0.39 is 0 Å². The maximum absolute atomic E-state index is 6.02. The number of hydrogen-bond acceptors (Lipinski definition) is 2. The standard InChI is InChI=1S/C18H25N3/c1-2-6-21-11-12(9-19)7-15-14-4-3-5-16-18(14)13(10-20-16)8-17(15)21/h3-5,10,12,15,17,20H,2,6-9,11,19H2,1H3/t12-,15+,17+/m0/s1. The smallest absolute Gasteiger partial charge is 0.0459 e. The molecule has 1 aliphatic carbocycles. The van der Waals surface area contributed by atoms with Gasteiger partial charge in [-0.25, -0.2) is 0 Å². The summed E-state index contributed by atoms with van der Waals surface area (Å²) in [6.45, 7) is 5.49. The predicted molar refractivity (Wildman–Crippen MR) is 87.6 cm³/mol. The van der Waals surface area contributed by atoms with Gasteiger partial charge in [-0.05, 0) is 55.5 Å². The fourth-order valence-corrected chi connectivity index (χ4v) is 4.61. The molecular weight excluding hydrogens is 258 g/mol. The summed E-state index contributed by atoms with van der Waals surface area (Å²) in [5, 5.41) is 1.49. The zero-order chi connectivity index (χ0) is 14.4. The number of aromatic nitrogens is 1. The van der Waals surface area contributed by atoms with Crippen LogP contribution in [0.25, 0.3) is 10.9 Å². The summed E-state index contributed by atoms with van der Waals surface area (Å²) < 4.78 is 0. The second-order valence-electron chi connectivity index (χ2n) is 6.79. The number of nitrogens with zero attached hydrogens (tertiary/aromatic N) is 1. The molecule has 1 fully saturated rings. The Balaban J connectivity index is 1.79. The molecule has 1 saturated heterocycles. The summed E-state index contributed by atoms with van der Waals surface area (Å²) >= 11 is 0. The van der Waals surface area contributed by atoms with Gasteiger partial charge in [0, 0.05) is 35.6 Å². The molecule has 3 nitrogen and oxygen atoms in total. The lowest BCUT2D eigenvalue weighted by molar-refractivity contribution is 0.0875. The normalized spacial score (nSPS) is 28.8. The van der Waals surface area contributed by atoms with Gasteiger partial charge in [-0.1, -0.05) is 19.1 Å². The maximum Gasteiger partial charge on any atom is 0.0459 e. The Morgan fingerprint density at radius 3 is 3.10 bits per heavy atom. The Morgan fingerprint density at radius 2 is 2.29 bits per heavy atom. The van der Waals surface area contributed by atoms with E-state index in [0.717, 1.165) is 6.54 Å². The van der Waals surface area contributed by atoms with Crippen LogP contribution in [0.3, 0.4) is 0 Å². The van der Waals surface area contributed by atoms with Crippen LogP contribution in [0.5, 0.6) is 0 Å². The fourth-order valence-electron chi connectivity index (χ4n) is 4.61. The quantitative estimate of drug-likeness (QED) is 0.910. The predicted octanol–water partition coefficient (Wildman–Crippen LogP) is 2.87. The minimum atomic E-state index is 0.647. The van der Waals surface area contributed by atoms with Crippen LogP contribution in [0.4, 0.5) is 0 Å². The first kappa shape index (κ1) is 13.4. The van der Waals surface area contributed by atoms with Crippen LogP contribution >= 0.6 is 0 Å². The van der Waals surface area contributed by atoms with Crippen LogP contribution in [0.1, 0.15) is 36.8 Å². The van der Waals surface area contributed by atoms with E-state index in [2.05, 4.69) is 41.2 Å². The van der Waals surface area contributed by atoms with Crippen molar-refractivity contribution in [1.29, 1.82) is 0 Å². The van der Waals surface area contributed by atoms with Crippen molar-refractivity contribution in [3.8, 4) is 0 Å². The van der Waals surface area contributed by atoms with E-state index in [4.69, 9.17) is 5.73 Å². The number of H-pyrrole nitrogens is 1. The second-order valence-corrected chi connectivity index (χ2v) is 6.79. The van der Waals surface area contributed by atoms with Gasteiger partial charge in [-0.3, -0.25) is 4.90 Å². The Morgan fingerprint density at radius 1 is 1.38 bits per heavy atom. The molecule has 0 bridgehead atoms. The molecule has 1 aromatic heterocycles. The Labute approximate surface area is 126 Å². The molecule has 3 atom stereocenters. The van der Waals surface area contributed by atoms with Crippen molar-refractivity contribution in [3.63, 3.8) is 0 Å². The molecule has 0 unspecified atom stereocenters. The molecule has 21 heavy (non-hydrogen) atoms. The number of aromatic amines is 1. The number of hydrogen-bond donors (Lipinski definition) is 2. The monoisotopic (exact) mass is 283 g/mol. The molecule has 4 rings (SSSR count). The summed E-state index contributed by atoms with van der Waals surface area (Å²) in [6, 6.07) is 7.42. The SMILES string of the molecule is CCCN1C[C@H](CN)C[C@@H]2c3cccc4[nH]cc(c34)C[C@H]21. The lowest BCUT2D eigenvalue weighted by Crippen LogP contribution is -2.51. The molecule has 0 spiro atoms. The molecule has 2 aliphatic rings. The molecule has 1 aromatic carbocycles. The number of benzene rings is 1. The number of rotatable bonds is 3. The molecule has 112 valence electrons. The van der Waals surface area contributed by atoms with E-state index in [9.17, 15) is 0 Å². The number of nitrogens with two attached hydrogens (primary N) is 1. The van der Waals surface area contributed by atoms with Crippen LogP contribution in [-0.4, -0.2) is 35.6 Å². The van der Waals surface area contributed by atoms with E-state index >= 15 is 0 Å². The zero-order valence-corrected chi connectivity index (χ0v) is 12.8. The minimum Gasteiger partial charge on any atom is -0.361 e. The Kier molecular flexibility index (Phi) is 3.27. The largest absolute Gasteiger partial charge is 0.361 e. The molecule has 0 amide bonds. The summed E-state index contributed by atoms with van der Waals surface area (Å²) in [4.78, 5) is 6.17. The average Bonchev–Trinajstić information content (AvgIpc) is 2.93. The van der Waals surface area contributed by atoms with Crippen molar-refractivity contribution in [2.45, 2.75) is 38.1 Å². The summed E-state index contributed by atoms with van der Waals surface area (Å²) in [7, 11) is 0. The van der Waals surface area contributed by atoms with Gasteiger partial charge in [-0.2, -0.15) is 0 Å². The van der Waals surface area contributed by atoms with Crippen molar-refractivity contribution in [2.24, 2.45) is 11.7 Å². The van der Waals surface area contributed by atoms with Crippen LogP contribution in [0, 0.1) is 5.92 Å². The third-order valence-electron chi connectivity index (χ3n) is 5.51. The fraction of sp³-hybridized carbons (Fsp3) is 0.556. The Bertz CT molecular complexity index is 645. The summed E-state index contributed by atoms with van der Waals surface area (Å²) in [6.07, 6.45) is 5.90. The third kappa shape index (κ3) is 2.02. The molecule has 2 aromatic rings. The molecule has 0 radical (unpaired) electrons. The van der Waals surface area contributed by atoms with Gasteiger partial charge in [0.1, 0.15) is 0 Å². The van der Waals surface area contributed by atoms with Gasteiger partial charge >= 0.3 is 0 Å². The van der Waals surface area contributed by atoms with Crippen LogP contribution in [0.15, 0.2) is 24.4 Å². The number of fused-ring (bicyclic) bond motifs is 2. The van der Waals surface area contributed by atoms with Gasteiger partial charge < -0.3 is 10.7 Å². The van der Waals surface area contributed by atoms with Gasteiger partial charge in [0.05, 0.1) is 0 Å². The molecule has 1 aliphatic heterocycles.